The number of carbonyl (C=O) groups excluding carboxylic acids is 1. The van der Waals surface area contributed by atoms with Gasteiger partial charge in [-0.1, -0.05) is 12.2 Å². The maximum Gasteiger partial charge on any atom is 0.277 e. The van der Waals surface area contributed by atoms with Crippen LogP contribution in [-0.4, -0.2) is 106 Å². The normalized spacial score (nSPS) is 23.1. The number of nitrogens with one attached hydrogen (secondary N) is 3. The average molecular weight is 702 g/mol. The molecule has 1 amide bonds. The van der Waals surface area contributed by atoms with E-state index in [1.807, 2.05) is 13.8 Å². The molecule has 4 aliphatic rings. The Balaban J connectivity index is 0.980. The van der Waals surface area contributed by atoms with Gasteiger partial charge in [0.05, 0.1) is 37.7 Å². The van der Waals surface area contributed by atoms with Crippen LogP contribution in [0.2, 0.25) is 0 Å². The molecule has 0 bridgehead atoms. The fourth-order valence-electron chi connectivity index (χ4n) is 6.70. The minimum atomic E-state index is -3.48. The lowest BCUT2D eigenvalue weighted by atomic mass is 9.72. The highest BCUT2D eigenvalue weighted by Gasteiger charge is 2.46. The van der Waals surface area contributed by atoms with Gasteiger partial charge in [0.25, 0.3) is 16.1 Å². The molecule has 3 saturated heterocycles. The Morgan fingerprint density at radius 1 is 1.14 bits per heavy atom. The molecule has 268 valence electrons. The molecule has 2 aromatic rings. The van der Waals surface area contributed by atoms with Gasteiger partial charge in [0.1, 0.15) is 17.9 Å². The van der Waals surface area contributed by atoms with E-state index in [4.69, 9.17) is 14.2 Å². The number of hydrogen-bond acceptors (Lipinski definition) is 10. The Bertz CT molecular complexity index is 1580. The number of rotatable bonds is 15. The van der Waals surface area contributed by atoms with Crippen LogP contribution in [0.3, 0.4) is 0 Å². The van der Waals surface area contributed by atoms with Gasteiger partial charge in [-0.2, -0.15) is 17.9 Å². The molecule has 15 heteroatoms. The molecule has 3 atom stereocenters. The molecule has 1 aromatic heterocycles. The van der Waals surface area contributed by atoms with Crippen LogP contribution in [0, 0.1) is 11.2 Å². The molecule has 4 fully saturated rings. The third kappa shape index (κ3) is 9.73. The molecule has 49 heavy (non-hydrogen) atoms. The van der Waals surface area contributed by atoms with Crippen LogP contribution >= 0.6 is 0 Å². The number of hydrogen-bond donors (Lipinski definition) is 3. The fourth-order valence-corrected chi connectivity index (χ4v) is 8.07. The highest BCUT2D eigenvalue weighted by atomic mass is 32.2. The van der Waals surface area contributed by atoms with Gasteiger partial charge in [0.15, 0.2) is 11.6 Å². The average Bonchev–Trinajstić information content (AvgIpc) is 3.85. The van der Waals surface area contributed by atoms with Crippen molar-refractivity contribution in [3.05, 3.63) is 54.3 Å². The summed E-state index contributed by atoms with van der Waals surface area (Å²) in [4.78, 5) is 26.4. The predicted octanol–water partition coefficient (Wildman–Crippen LogP) is 3.16. The quantitative estimate of drug-likeness (QED) is 0.237. The third-order valence-corrected chi connectivity index (χ3v) is 10.8. The lowest BCUT2D eigenvalue weighted by Crippen LogP contribution is -2.61. The van der Waals surface area contributed by atoms with Gasteiger partial charge in [-0.05, 0) is 83.7 Å². The number of piperidine rings is 1. The Kier molecular flexibility index (Phi) is 11.2. The standard InChI is InChI=1S/C34H48FN7O6S/c1-23(2)17-46-18-24(3)38-33(43)29-14-25(35)4-9-30(29)48-31-15-36-22-37-32(31)42-20-34(21-42)10-12-41(13-11-34)16-28-8-7-27(19-47-28)40-49(44,45)39-26-5-6-26/h4,9,14-15,22,24,26-28,39-40H,1,5-8,10-13,16-21H2,2-3H3,(H,38,43)/t24-,27-,28+/m1/s1. The molecule has 0 radical (unpaired) electrons. The zero-order valence-electron chi connectivity index (χ0n) is 28.3. The largest absolute Gasteiger partial charge is 0.451 e. The van der Waals surface area contributed by atoms with E-state index >= 15 is 0 Å². The van der Waals surface area contributed by atoms with Gasteiger partial charge < -0.3 is 29.3 Å². The third-order valence-electron chi connectivity index (χ3n) is 9.48. The summed E-state index contributed by atoms with van der Waals surface area (Å²) >= 11 is 0. The predicted molar refractivity (Wildman–Crippen MR) is 182 cm³/mol. The molecule has 3 aliphatic heterocycles. The molecule has 1 saturated carbocycles. The van der Waals surface area contributed by atoms with Crippen LogP contribution in [0.4, 0.5) is 10.2 Å². The lowest BCUT2D eigenvalue weighted by Gasteiger charge is -2.54. The molecule has 6 rings (SSSR count). The molecule has 1 aliphatic carbocycles. The van der Waals surface area contributed by atoms with Gasteiger partial charge in [-0.25, -0.2) is 14.4 Å². The minimum absolute atomic E-state index is 0.0679. The first-order valence-electron chi connectivity index (χ1n) is 17.1. The first kappa shape index (κ1) is 35.6. The van der Waals surface area contributed by atoms with Gasteiger partial charge in [0.2, 0.25) is 0 Å². The molecule has 0 unspecified atom stereocenters. The maximum absolute atomic E-state index is 14.3. The van der Waals surface area contributed by atoms with Crippen molar-refractivity contribution in [3.8, 4) is 11.5 Å². The van der Waals surface area contributed by atoms with E-state index in [0.29, 0.717) is 24.8 Å². The lowest BCUT2D eigenvalue weighted by molar-refractivity contribution is -0.0299. The van der Waals surface area contributed by atoms with E-state index in [9.17, 15) is 17.6 Å². The number of carbonyl (C=O) groups is 1. The van der Waals surface area contributed by atoms with Gasteiger partial charge >= 0.3 is 0 Å². The van der Waals surface area contributed by atoms with Crippen molar-refractivity contribution in [1.82, 2.24) is 29.6 Å². The van der Waals surface area contributed by atoms with E-state index in [2.05, 4.69) is 41.1 Å². The maximum atomic E-state index is 14.3. The number of anilines is 1. The van der Waals surface area contributed by atoms with Crippen LogP contribution in [0.15, 0.2) is 42.9 Å². The molecule has 1 aromatic carbocycles. The second kappa shape index (κ2) is 15.4. The monoisotopic (exact) mass is 701 g/mol. The van der Waals surface area contributed by atoms with E-state index in [1.165, 1.54) is 18.5 Å². The van der Waals surface area contributed by atoms with E-state index in [0.717, 1.165) is 82.9 Å². The Labute approximate surface area is 288 Å². The topological polar surface area (TPSA) is 147 Å². The Morgan fingerprint density at radius 3 is 2.57 bits per heavy atom. The summed E-state index contributed by atoms with van der Waals surface area (Å²) in [6.07, 6.45) is 8.63. The highest BCUT2D eigenvalue weighted by Crippen LogP contribution is 2.45. The molecular weight excluding hydrogens is 653 g/mol. The van der Waals surface area contributed by atoms with Crippen molar-refractivity contribution in [2.75, 3.05) is 57.4 Å². The Hall–Kier alpha value is -3.21. The van der Waals surface area contributed by atoms with Crippen molar-refractivity contribution >= 4 is 21.9 Å². The van der Waals surface area contributed by atoms with E-state index < -0.39 is 21.9 Å². The van der Waals surface area contributed by atoms with Gasteiger partial charge in [-0.3, -0.25) is 4.79 Å². The minimum Gasteiger partial charge on any atom is -0.451 e. The summed E-state index contributed by atoms with van der Waals surface area (Å²) in [6, 6.07) is 3.43. The fraction of sp³-hybridized carbons (Fsp3) is 0.618. The smallest absolute Gasteiger partial charge is 0.277 e. The molecule has 4 heterocycles. The van der Waals surface area contributed by atoms with Crippen molar-refractivity contribution in [2.45, 2.75) is 76.6 Å². The van der Waals surface area contributed by atoms with Gasteiger partial charge in [-0.15, -0.1) is 0 Å². The van der Waals surface area contributed by atoms with E-state index in [1.54, 1.807) is 6.20 Å². The zero-order chi connectivity index (χ0) is 34.6. The van der Waals surface area contributed by atoms with Crippen LogP contribution in [0.25, 0.3) is 0 Å². The summed E-state index contributed by atoms with van der Waals surface area (Å²) in [6.45, 7) is 13.0. The molecule has 1 spiro atoms. The molecule has 13 nitrogen and oxygen atoms in total. The summed E-state index contributed by atoms with van der Waals surface area (Å²) < 4.78 is 62.0. The van der Waals surface area contributed by atoms with Crippen molar-refractivity contribution in [1.29, 1.82) is 0 Å². The number of aromatic nitrogens is 2. The van der Waals surface area contributed by atoms with Crippen LogP contribution in [0.5, 0.6) is 11.5 Å². The second-order valence-corrected chi connectivity index (χ2v) is 15.7. The van der Waals surface area contributed by atoms with Crippen molar-refractivity contribution in [2.24, 2.45) is 5.41 Å². The number of likely N-dealkylation sites (tertiary alicyclic amines) is 1. The van der Waals surface area contributed by atoms with E-state index in [-0.39, 0.29) is 47.6 Å². The number of ether oxygens (including phenoxy) is 3. The first-order chi connectivity index (χ1) is 23.5. The van der Waals surface area contributed by atoms with Crippen molar-refractivity contribution in [3.63, 3.8) is 0 Å². The summed E-state index contributed by atoms with van der Waals surface area (Å²) in [5.41, 5.74) is 1.12. The summed E-state index contributed by atoms with van der Waals surface area (Å²) in [5.74, 6) is 0.211. The zero-order valence-corrected chi connectivity index (χ0v) is 29.1. The SMILES string of the molecule is C=C(C)COC[C@@H](C)NC(=O)c1cc(F)ccc1Oc1cncnc1N1CC2(CCN(C[C@@H]3CC[C@@H](NS(=O)(=O)NC4CC4)CO3)CC2)C1. The van der Waals surface area contributed by atoms with Gasteiger partial charge in [0, 0.05) is 43.2 Å². The first-order valence-corrected chi connectivity index (χ1v) is 18.6. The highest BCUT2D eigenvalue weighted by molar-refractivity contribution is 7.87. The second-order valence-electron chi connectivity index (χ2n) is 14.2. The van der Waals surface area contributed by atoms with Crippen molar-refractivity contribution < 1.29 is 31.8 Å². The Morgan fingerprint density at radius 2 is 1.88 bits per heavy atom. The number of benzene rings is 1. The number of nitrogens with zero attached hydrogens (tertiary/aromatic N) is 4. The van der Waals surface area contributed by atoms with Crippen LogP contribution in [-0.2, 0) is 19.7 Å². The number of halogens is 1. The number of amides is 1. The molecular formula is C34H48FN7O6S. The van der Waals surface area contributed by atoms with Crippen LogP contribution < -0.4 is 24.4 Å². The molecule has 3 N–H and O–H groups in total. The van der Waals surface area contributed by atoms with Crippen LogP contribution in [0.1, 0.15) is 62.7 Å². The summed E-state index contributed by atoms with van der Waals surface area (Å²) in [5, 5.41) is 2.85. The summed E-state index contributed by atoms with van der Waals surface area (Å²) in [7, 11) is -3.48.